The summed E-state index contributed by atoms with van der Waals surface area (Å²) in [6.45, 7) is 2.31. The standard InChI is InChI=1S/C21H19N3O4/c1-2-24-19(20(25)26)18(11-22-24)23-21(27)28-12-17-15-9-5-3-7-13(15)14-8-4-6-10-16(14)17/h3-11,17H,2,12H2,1H3,(H,23,27)(H,25,26). The first-order valence-electron chi connectivity index (χ1n) is 9.01. The fourth-order valence-corrected chi connectivity index (χ4v) is 3.69. The van der Waals surface area contributed by atoms with E-state index in [-0.39, 0.29) is 23.9 Å². The first-order chi connectivity index (χ1) is 13.6. The van der Waals surface area contributed by atoms with Crippen LogP contribution in [0.5, 0.6) is 0 Å². The molecule has 2 aromatic carbocycles. The van der Waals surface area contributed by atoms with Crippen molar-refractivity contribution in [2.24, 2.45) is 0 Å². The van der Waals surface area contributed by atoms with E-state index in [4.69, 9.17) is 4.74 Å². The number of ether oxygens (including phenoxy) is 1. The minimum atomic E-state index is -1.16. The summed E-state index contributed by atoms with van der Waals surface area (Å²) >= 11 is 0. The number of aromatic carboxylic acids is 1. The van der Waals surface area contributed by atoms with Gasteiger partial charge in [-0.25, -0.2) is 9.59 Å². The topological polar surface area (TPSA) is 93.5 Å². The summed E-state index contributed by atoms with van der Waals surface area (Å²) in [5.74, 6) is -1.22. The van der Waals surface area contributed by atoms with Crippen molar-refractivity contribution in [3.8, 4) is 11.1 Å². The summed E-state index contributed by atoms with van der Waals surface area (Å²) < 4.78 is 6.75. The first-order valence-corrected chi connectivity index (χ1v) is 9.01. The van der Waals surface area contributed by atoms with Gasteiger partial charge >= 0.3 is 12.1 Å². The van der Waals surface area contributed by atoms with Crippen LogP contribution in [0.3, 0.4) is 0 Å². The van der Waals surface area contributed by atoms with Crippen LogP contribution in [0, 0.1) is 0 Å². The average molecular weight is 377 g/mol. The van der Waals surface area contributed by atoms with E-state index in [0.717, 1.165) is 22.3 Å². The molecule has 2 N–H and O–H groups in total. The molecule has 0 unspecified atom stereocenters. The van der Waals surface area contributed by atoms with Crippen LogP contribution < -0.4 is 5.32 Å². The van der Waals surface area contributed by atoms with Gasteiger partial charge in [0.05, 0.1) is 11.9 Å². The number of hydrogen-bond acceptors (Lipinski definition) is 4. The molecule has 1 aromatic heterocycles. The molecule has 0 radical (unpaired) electrons. The lowest BCUT2D eigenvalue weighted by molar-refractivity contribution is 0.0684. The minimum Gasteiger partial charge on any atom is -0.476 e. The van der Waals surface area contributed by atoms with E-state index in [9.17, 15) is 14.7 Å². The van der Waals surface area contributed by atoms with Crippen molar-refractivity contribution in [2.75, 3.05) is 11.9 Å². The van der Waals surface area contributed by atoms with Gasteiger partial charge in [-0.1, -0.05) is 48.5 Å². The Morgan fingerprint density at radius 1 is 1.11 bits per heavy atom. The second kappa shape index (κ2) is 7.19. The van der Waals surface area contributed by atoms with Crippen LogP contribution in [0.4, 0.5) is 10.5 Å². The van der Waals surface area contributed by atoms with Gasteiger partial charge in [0, 0.05) is 12.5 Å². The molecule has 7 heteroatoms. The molecule has 1 amide bonds. The predicted octanol–water partition coefficient (Wildman–Crippen LogP) is 3.96. The quantitative estimate of drug-likeness (QED) is 0.702. The Morgan fingerprint density at radius 2 is 1.71 bits per heavy atom. The highest BCUT2D eigenvalue weighted by atomic mass is 16.5. The van der Waals surface area contributed by atoms with Crippen molar-refractivity contribution in [1.29, 1.82) is 0 Å². The van der Waals surface area contributed by atoms with E-state index >= 15 is 0 Å². The van der Waals surface area contributed by atoms with Crippen molar-refractivity contribution >= 4 is 17.7 Å². The summed E-state index contributed by atoms with van der Waals surface area (Å²) in [4.78, 5) is 23.7. The van der Waals surface area contributed by atoms with Crippen LogP contribution >= 0.6 is 0 Å². The van der Waals surface area contributed by atoms with Crippen molar-refractivity contribution in [3.63, 3.8) is 0 Å². The van der Waals surface area contributed by atoms with Gasteiger partial charge in [-0.15, -0.1) is 0 Å². The number of carboxylic acid groups (broad SMARTS) is 1. The molecule has 7 nitrogen and oxygen atoms in total. The predicted molar refractivity (Wildman–Crippen MR) is 104 cm³/mol. The Hall–Kier alpha value is -3.61. The van der Waals surface area contributed by atoms with Gasteiger partial charge in [-0.2, -0.15) is 5.10 Å². The molecule has 28 heavy (non-hydrogen) atoms. The second-order valence-corrected chi connectivity index (χ2v) is 6.48. The van der Waals surface area contributed by atoms with Gasteiger partial charge in [0.1, 0.15) is 6.61 Å². The van der Waals surface area contributed by atoms with E-state index in [1.54, 1.807) is 6.92 Å². The number of rotatable bonds is 5. The second-order valence-electron chi connectivity index (χ2n) is 6.48. The first kappa shape index (κ1) is 17.8. The summed E-state index contributed by atoms with van der Waals surface area (Å²) in [6, 6.07) is 16.1. The molecule has 3 aromatic rings. The minimum absolute atomic E-state index is 0.0598. The van der Waals surface area contributed by atoms with Gasteiger partial charge < -0.3 is 9.84 Å². The third kappa shape index (κ3) is 3.00. The van der Waals surface area contributed by atoms with Crippen molar-refractivity contribution < 1.29 is 19.4 Å². The zero-order valence-corrected chi connectivity index (χ0v) is 15.3. The molecule has 0 aliphatic heterocycles. The van der Waals surface area contributed by atoms with Crippen LogP contribution in [0.1, 0.15) is 34.5 Å². The molecule has 0 saturated carbocycles. The third-order valence-corrected chi connectivity index (χ3v) is 4.92. The molecule has 0 spiro atoms. The molecular formula is C21H19N3O4. The Bertz CT molecular complexity index is 1010. The Labute approximate surface area is 161 Å². The number of fused-ring (bicyclic) bond motifs is 3. The number of aromatic nitrogens is 2. The summed E-state index contributed by atoms with van der Waals surface area (Å²) in [5, 5.41) is 15.8. The van der Waals surface area contributed by atoms with Gasteiger partial charge in [-0.05, 0) is 29.2 Å². The number of amides is 1. The highest BCUT2D eigenvalue weighted by molar-refractivity contribution is 5.97. The van der Waals surface area contributed by atoms with E-state index in [1.165, 1.54) is 10.9 Å². The van der Waals surface area contributed by atoms with Crippen LogP contribution in [-0.2, 0) is 11.3 Å². The molecule has 0 saturated heterocycles. The summed E-state index contributed by atoms with van der Waals surface area (Å²) in [7, 11) is 0. The molecule has 142 valence electrons. The summed E-state index contributed by atoms with van der Waals surface area (Å²) in [5.41, 5.74) is 4.56. The van der Waals surface area contributed by atoms with E-state index < -0.39 is 12.1 Å². The summed E-state index contributed by atoms with van der Waals surface area (Å²) in [6.07, 6.45) is 0.606. The van der Waals surface area contributed by atoms with Crippen molar-refractivity contribution in [3.05, 3.63) is 71.5 Å². The molecule has 1 heterocycles. The number of carbonyl (C=O) groups is 2. The van der Waals surface area contributed by atoms with Crippen molar-refractivity contribution in [1.82, 2.24) is 9.78 Å². The lowest BCUT2D eigenvalue weighted by atomic mass is 9.98. The molecule has 1 aliphatic carbocycles. The molecule has 0 atom stereocenters. The average Bonchev–Trinajstić information content (AvgIpc) is 3.25. The van der Waals surface area contributed by atoms with Gasteiger partial charge in [-0.3, -0.25) is 10.00 Å². The normalized spacial score (nSPS) is 12.3. The molecule has 1 aliphatic rings. The smallest absolute Gasteiger partial charge is 0.411 e. The molecular weight excluding hydrogens is 358 g/mol. The zero-order valence-electron chi connectivity index (χ0n) is 15.3. The van der Waals surface area contributed by atoms with Gasteiger partial charge in [0.25, 0.3) is 0 Å². The maximum atomic E-state index is 12.3. The van der Waals surface area contributed by atoms with Crippen LogP contribution in [0.25, 0.3) is 11.1 Å². The maximum absolute atomic E-state index is 12.3. The lowest BCUT2D eigenvalue weighted by Crippen LogP contribution is -2.19. The van der Waals surface area contributed by atoms with Gasteiger partial charge in [0.2, 0.25) is 0 Å². The molecule has 0 fully saturated rings. The number of benzene rings is 2. The van der Waals surface area contributed by atoms with E-state index in [2.05, 4.69) is 22.5 Å². The number of nitrogens with one attached hydrogen (secondary N) is 1. The fourth-order valence-electron chi connectivity index (χ4n) is 3.69. The number of aryl methyl sites for hydroxylation is 1. The number of hydrogen-bond donors (Lipinski definition) is 2. The highest BCUT2D eigenvalue weighted by Gasteiger charge is 2.29. The van der Waals surface area contributed by atoms with Gasteiger partial charge in [0.15, 0.2) is 5.69 Å². The monoisotopic (exact) mass is 377 g/mol. The number of carbonyl (C=O) groups excluding carboxylic acids is 1. The van der Waals surface area contributed by atoms with Crippen molar-refractivity contribution in [2.45, 2.75) is 19.4 Å². The SMILES string of the molecule is CCn1ncc(NC(=O)OCC2c3ccccc3-c3ccccc32)c1C(=O)O. The largest absolute Gasteiger partial charge is 0.476 e. The molecule has 4 rings (SSSR count). The Kier molecular flexibility index (Phi) is 4.57. The van der Waals surface area contributed by atoms with Crippen LogP contribution in [0.2, 0.25) is 0 Å². The van der Waals surface area contributed by atoms with E-state index in [1.807, 2.05) is 36.4 Å². The Morgan fingerprint density at radius 3 is 2.29 bits per heavy atom. The number of carboxylic acids is 1. The Balaban J connectivity index is 1.51. The van der Waals surface area contributed by atoms with Crippen LogP contribution in [0.15, 0.2) is 54.7 Å². The molecule has 0 bridgehead atoms. The maximum Gasteiger partial charge on any atom is 0.411 e. The fraction of sp³-hybridized carbons (Fsp3) is 0.190. The number of anilines is 1. The zero-order chi connectivity index (χ0) is 19.7. The third-order valence-electron chi connectivity index (χ3n) is 4.92. The number of nitrogens with zero attached hydrogens (tertiary/aromatic N) is 2. The highest BCUT2D eigenvalue weighted by Crippen LogP contribution is 2.44. The van der Waals surface area contributed by atoms with E-state index in [0.29, 0.717) is 6.54 Å². The lowest BCUT2D eigenvalue weighted by Gasteiger charge is -2.14. The van der Waals surface area contributed by atoms with Crippen LogP contribution in [-0.4, -0.2) is 33.6 Å².